The van der Waals surface area contributed by atoms with Gasteiger partial charge in [-0.3, -0.25) is 0 Å². The molecule has 0 aliphatic carbocycles. The van der Waals surface area contributed by atoms with Crippen molar-refractivity contribution in [2.24, 2.45) is 5.73 Å². The van der Waals surface area contributed by atoms with Gasteiger partial charge in [-0.05, 0) is 24.6 Å². The third-order valence-corrected chi connectivity index (χ3v) is 4.76. The Bertz CT molecular complexity index is 945. The number of alkyl halides is 1. The Morgan fingerprint density at radius 2 is 2.07 bits per heavy atom. The van der Waals surface area contributed by atoms with Crippen LogP contribution >= 0.6 is 0 Å². The van der Waals surface area contributed by atoms with E-state index >= 15 is 0 Å². The number of hydrogen-bond acceptors (Lipinski definition) is 6. The zero-order valence-corrected chi connectivity index (χ0v) is 14.8. The van der Waals surface area contributed by atoms with E-state index in [1.807, 2.05) is 9.47 Å². The van der Waals surface area contributed by atoms with Crippen LogP contribution in [0.15, 0.2) is 30.6 Å². The molecule has 1 saturated heterocycles. The number of anilines is 1. The standard InChI is InChI=1S/C18H20F2N6O/c1-27-12-7-22-17(23-8-12)10-26-16-6-11(19)2-3-15(16)24-18(26)25-5-4-13(20)14(21)9-25/h2-3,6-8,13-14H,4-5,9-10,21H2,1H3/t13-,14-/m1/s1. The highest BCUT2D eigenvalue weighted by atomic mass is 19.1. The maximum Gasteiger partial charge on any atom is 0.207 e. The molecule has 4 rings (SSSR count). The number of rotatable bonds is 4. The first-order valence-electron chi connectivity index (χ1n) is 8.70. The Hall–Kier alpha value is -2.81. The van der Waals surface area contributed by atoms with Crippen molar-refractivity contribution in [3.63, 3.8) is 0 Å². The predicted molar refractivity (Wildman–Crippen MR) is 97.1 cm³/mol. The second-order valence-electron chi connectivity index (χ2n) is 6.58. The quantitative estimate of drug-likeness (QED) is 0.751. The summed E-state index contributed by atoms with van der Waals surface area (Å²) in [6.07, 6.45) is 2.46. The Morgan fingerprint density at radius 1 is 1.30 bits per heavy atom. The van der Waals surface area contributed by atoms with Crippen molar-refractivity contribution in [3.8, 4) is 5.75 Å². The fraction of sp³-hybridized carbons (Fsp3) is 0.389. The van der Waals surface area contributed by atoms with E-state index in [0.717, 1.165) is 0 Å². The van der Waals surface area contributed by atoms with Crippen LogP contribution in [0.25, 0.3) is 11.0 Å². The summed E-state index contributed by atoms with van der Waals surface area (Å²) in [5.41, 5.74) is 7.18. The third kappa shape index (κ3) is 3.42. The van der Waals surface area contributed by atoms with E-state index in [1.165, 1.54) is 12.1 Å². The van der Waals surface area contributed by atoms with E-state index < -0.39 is 12.2 Å². The van der Waals surface area contributed by atoms with Gasteiger partial charge in [0, 0.05) is 13.1 Å². The SMILES string of the molecule is COc1cnc(Cn2c(N3CC[C@@H](F)[C@H](N)C3)nc3ccc(F)cc32)nc1. The number of piperidine rings is 1. The van der Waals surface area contributed by atoms with Crippen LogP contribution in [-0.4, -0.2) is 51.9 Å². The summed E-state index contributed by atoms with van der Waals surface area (Å²) in [5.74, 6) is 1.34. The van der Waals surface area contributed by atoms with Crippen molar-refractivity contribution >= 4 is 17.0 Å². The van der Waals surface area contributed by atoms with E-state index in [1.54, 1.807) is 25.6 Å². The molecule has 142 valence electrons. The van der Waals surface area contributed by atoms with E-state index in [-0.39, 0.29) is 5.82 Å². The maximum atomic E-state index is 13.8. The van der Waals surface area contributed by atoms with E-state index in [0.29, 0.717) is 54.6 Å². The van der Waals surface area contributed by atoms with Crippen molar-refractivity contribution in [1.29, 1.82) is 0 Å². The predicted octanol–water partition coefficient (Wildman–Crippen LogP) is 1.90. The number of nitrogens with zero attached hydrogens (tertiary/aromatic N) is 5. The molecule has 3 heterocycles. The van der Waals surface area contributed by atoms with Crippen molar-refractivity contribution < 1.29 is 13.5 Å². The molecule has 0 amide bonds. The Morgan fingerprint density at radius 3 is 2.78 bits per heavy atom. The fourth-order valence-electron chi connectivity index (χ4n) is 3.29. The zero-order valence-electron chi connectivity index (χ0n) is 14.8. The van der Waals surface area contributed by atoms with Gasteiger partial charge < -0.3 is 19.9 Å². The van der Waals surface area contributed by atoms with Crippen LogP contribution < -0.4 is 15.4 Å². The number of nitrogens with two attached hydrogens (primary N) is 1. The number of aromatic nitrogens is 4. The molecular formula is C18H20F2N6O. The van der Waals surface area contributed by atoms with Crippen LogP contribution in [0.1, 0.15) is 12.2 Å². The molecule has 1 aromatic carbocycles. The van der Waals surface area contributed by atoms with Gasteiger partial charge in [0.1, 0.15) is 17.8 Å². The van der Waals surface area contributed by atoms with Crippen molar-refractivity contribution in [1.82, 2.24) is 19.5 Å². The molecule has 0 unspecified atom stereocenters. The highest BCUT2D eigenvalue weighted by Crippen LogP contribution is 2.27. The first-order valence-corrected chi connectivity index (χ1v) is 8.70. The molecule has 3 aromatic rings. The lowest BCUT2D eigenvalue weighted by Gasteiger charge is -2.34. The monoisotopic (exact) mass is 374 g/mol. The number of ether oxygens (including phenoxy) is 1. The van der Waals surface area contributed by atoms with Gasteiger partial charge in [0.15, 0.2) is 5.75 Å². The van der Waals surface area contributed by atoms with Crippen LogP contribution in [0.4, 0.5) is 14.7 Å². The van der Waals surface area contributed by atoms with Gasteiger partial charge in [-0.2, -0.15) is 0 Å². The first-order chi connectivity index (χ1) is 13.0. The van der Waals surface area contributed by atoms with Crippen LogP contribution in [0.2, 0.25) is 0 Å². The highest BCUT2D eigenvalue weighted by molar-refractivity contribution is 5.79. The average Bonchev–Trinajstić information content (AvgIpc) is 3.02. The van der Waals surface area contributed by atoms with Gasteiger partial charge in [-0.25, -0.2) is 23.7 Å². The van der Waals surface area contributed by atoms with Crippen LogP contribution in [0.5, 0.6) is 5.75 Å². The zero-order chi connectivity index (χ0) is 19.0. The van der Waals surface area contributed by atoms with Gasteiger partial charge in [0.2, 0.25) is 5.95 Å². The average molecular weight is 374 g/mol. The summed E-state index contributed by atoms with van der Waals surface area (Å²) in [7, 11) is 1.54. The molecule has 0 bridgehead atoms. The molecule has 9 heteroatoms. The minimum absolute atomic E-state index is 0.296. The topological polar surface area (TPSA) is 82.1 Å². The number of benzene rings is 1. The number of imidazole rings is 1. The van der Waals surface area contributed by atoms with Crippen molar-refractivity contribution in [2.75, 3.05) is 25.1 Å². The molecule has 2 N–H and O–H groups in total. The maximum absolute atomic E-state index is 13.8. The normalized spacial score (nSPS) is 20.2. The Labute approximate surface area is 154 Å². The molecule has 7 nitrogen and oxygen atoms in total. The summed E-state index contributed by atoms with van der Waals surface area (Å²) in [4.78, 5) is 15.1. The number of hydrogen-bond donors (Lipinski definition) is 1. The summed E-state index contributed by atoms with van der Waals surface area (Å²) >= 11 is 0. The molecule has 1 aliphatic heterocycles. The Kier molecular flexibility index (Phi) is 4.61. The van der Waals surface area contributed by atoms with Gasteiger partial charge in [-0.1, -0.05) is 0 Å². The van der Waals surface area contributed by atoms with Gasteiger partial charge in [0.05, 0.1) is 43.1 Å². The van der Waals surface area contributed by atoms with Crippen LogP contribution in [0.3, 0.4) is 0 Å². The van der Waals surface area contributed by atoms with E-state index in [9.17, 15) is 8.78 Å². The highest BCUT2D eigenvalue weighted by Gasteiger charge is 2.29. The van der Waals surface area contributed by atoms with E-state index in [2.05, 4.69) is 15.0 Å². The van der Waals surface area contributed by atoms with Crippen molar-refractivity contribution in [2.45, 2.75) is 25.2 Å². The van der Waals surface area contributed by atoms with E-state index in [4.69, 9.17) is 10.5 Å². The number of methoxy groups -OCH3 is 1. The first kappa shape index (κ1) is 17.6. The summed E-state index contributed by atoms with van der Waals surface area (Å²) < 4.78 is 34.5. The van der Waals surface area contributed by atoms with Crippen LogP contribution in [0, 0.1) is 5.82 Å². The smallest absolute Gasteiger partial charge is 0.207 e. The third-order valence-electron chi connectivity index (χ3n) is 4.76. The number of fused-ring (bicyclic) bond motifs is 1. The lowest BCUT2D eigenvalue weighted by atomic mass is 10.1. The summed E-state index contributed by atoms with van der Waals surface area (Å²) in [6, 6.07) is 3.84. The second kappa shape index (κ2) is 7.07. The molecule has 2 atom stereocenters. The lowest BCUT2D eigenvalue weighted by Crippen LogP contribution is -2.50. The van der Waals surface area contributed by atoms with Crippen LogP contribution in [-0.2, 0) is 6.54 Å². The molecule has 27 heavy (non-hydrogen) atoms. The molecule has 1 fully saturated rings. The van der Waals surface area contributed by atoms with Gasteiger partial charge in [0.25, 0.3) is 0 Å². The second-order valence-corrected chi connectivity index (χ2v) is 6.58. The fourth-order valence-corrected chi connectivity index (χ4v) is 3.29. The molecule has 0 saturated carbocycles. The molecule has 0 radical (unpaired) electrons. The largest absolute Gasteiger partial charge is 0.494 e. The van der Waals surface area contributed by atoms with Crippen molar-refractivity contribution in [3.05, 3.63) is 42.2 Å². The summed E-state index contributed by atoms with van der Waals surface area (Å²) in [5, 5.41) is 0. The number of halogens is 2. The lowest BCUT2D eigenvalue weighted by molar-refractivity contribution is 0.243. The summed E-state index contributed by atoms with van der Waals surface area (Å²) in [6.45, 7) is 1.13. The molecule has 0 spiro atoms. The molecular weight excluding hydrogens is 354 g/mol. The van der Waals surface area contributed by atoms with Gasteiger partial charge >= 0.3 is 0 Å². The minimum atomic E-state index is -1.03. The Balaban J connectivity index is 1.74. The van der Waals surface area contributed by atoms with Gasteiger partial charge in [-0.15, -0.1) is 0 Å². The molecule has 2 aromatic heterocycles. The molecule has 1 aliphatic rings. The minimum Gasteiger partial charge on any atom is -0.494 e.